The summed E-state index contributed by atoms with van der Waals surface area (Å²) in [5.41, 5.74) is 2.18. The number of benzene rings is 1. The van der Waals surface area contributed by atoms with Crippen molar-refractivity contribution in [1.29, 1.82) is 0 Å². The summed E-state index contributed by atoms with van der Waals surface area (Å²) in [5.74, 6) is -0.885. The second-order valence-electron chi connectivity index (χ2n) is 7.04. The fourth-order valence-corrected chi connectivity index (χ4v) is 3.52. The van der Waals surface area contributed by atoms with Gasteiger partial charge in [0.2, 0.25) is 0 Å². The number of pyridine rings is 1. The van der Waals surface area contributed by atoms with Crippen LogP contribution < -0.4 is 16.2 Å². The number of esters is 1. The minimum atomic E-state index is -0.445. The smallest absolute Gasteiger partial charge is 0.337 e. The number of amides is 1. The fourth-order valence-electron chi connectivity index (χ4n) is 3.52. The molecule has 0 spiro atoms. The van der Waals surface area contributed by atoms with Crippen LogP contribution in [0.15, 0.2) is 35.3 Å². The average molecular weight is 383 g/mol. The van der Waals surface area contributed by atoms with Crippen molar-refractivity contribution in [1.82, 2.24) is 9.88 Å². The molecule has 2 heterocycles. The zero-order chi connectivity index (χ0) is 20.3. The van der Waals surface area contributed by atoms with Crippen LogP contribution in [-0.2, 0) is 4.74 Å². The predicted octanol–water partition coefficient (Wildman–Crippen LogP) is 2.43. The van der Waals surface area contributed by atoms with E-state index in [-0.39, 0.29) is 17.2 Å². The average Bonchev–Trinajstić information content (AvgIpc) is 2.69. The molecule has 0 saturated carbocycles. The summed E-state index contributed by atoms with van der Waals surface area (Å²) in [6.07, 6.45) is 3.50. The lowest BCUT2D eigenvalue weighted by Gasteiger charge is -2.25. The van der Waals surface area contributed by atoms with Crippen molar-refractivity contribution < 1.29 is 14.3 Å². The van der Waals surface area contributed by atoms with Gasteiger partial charge in [-0.3, -0.25) is 9.59 Å². The van der Waals surface area contributed by atoms with E-state index in [1.54, 1.807) is 42.8 Å². The van der Waals surface area contributed by atoms with Gasteiger partial charge in [-0.25, -0.2) is 4.79 Å². The van der Waals surface area contributed by atoms with Gasteiger partial charge in [0.1, 0.15) is 5.56 Å². The van der Waals surface area contributed by atoms with Crippen molar-refractivity contribution in [3.63, 3.8) is 0 Å². The van der Waals surface area contributed by atoms with Crippen molar-refractivity contribution in [2.45, 2.75) is 32.7 Å². The Morgan fingerprint density at radius 1 is 1.14 bits per heavy atom. The summed E-state index contributed by atoms with van der Waals surface area (Å²) in [5, 5.41) is 6.09. The maximum absolute atomic E-state index is 13.0. The van der Waals surface area contributed by atoms with Crippen LogP contribution in [0, 0.1) is 13.8 Å². The third kappa shape index (κ3) is 3.99. The van der Waals surface area contributed by atoms with E-state index in [1.807, 2.05) is 6.07 Å². The number of nitrogens with one attached hydrogen (secondary N) is 2. The van der Waals surface area contributed by atoms with Crippen LogP contribution in [0.3, 0.4) is 0 Å². The number of piperidine rings is 1. The number of ether oxygens (including phenoxy) is 1. The van der Waals surface area contributed by atoms with Gasteiger partial charge < -0.3 is 19.9 Å². The van der Waals surface area contributed by atoms with Gasteiger partial charge in [0.15, 0.2) is 0 Å². The van der Waals surface area contributed by atoms with Gasteiger partial charge >= 0.3 is 5.97 Å². The molecule has 1 aliphatic rings. The molecule has 2 N–H and O–H groups in total. The number of aromatic nitrogens is 1. The molecule has 1 aliphatic heterocycles. The summed E-state index contributed by atoms with van der Waals surface area (Å²) in [7, 11) is 1.32. The second-order valence-corrected chi connectivity index (χ2v) is 7.04. The first-order chi connectivity index (χ1) is 13.4. The number of aryl methyl sites for hydroxylation is 2. The molecule has 3 rings (SSSR count). The van der Waals surface area contributed by atoms with Crippen molar-refractivity contribution >= 4 is 17.6 Å². The normalized spacial score (nSPS) is 14.5. The monoisotopic (exact) mass is 383 g/mol. The summed E-state index contributed by atoms with van der Waals surface area (Å²) in [6, 6.07) is 6.78. The zero-order valence-corrected chi connectivity index (χ0v) is 16.4. The Bertz CT molecular complexity index is 959. The fraction of sp³-hybridized carbons (Fsp3) is 0.381. The maximum Gasteiger partial charge on any atom is 0.337 e. The second kappa shape index (κ2) is 8.39. The summed E-state index contributed by atoms with van der Waals surface area (Å²) in [4.78, 5) is 37.5. The predicted molar refractivity (Wildman–Crippen MR) is 107 cm³/mol. The Morgan fingerprint density at radius 3 is 2.50 bits per heavy atom. The topological polar surface area (TPSA) is 89.4 Å². The van der Waals surface area contributed by atoms with Gasteiger partial charge in [-0.2, -0.15) is 0 Å². The molecule has 0 radical (unpaired) electrons. The molecule has 1 amide bonds. The number of carbonyl (C=O) groups excluding carboxylic acids is 2. The number of carbonyl (C=O) groups is 2. The van der Waals surface area contributed by atoms with Crippen LogP contribution in [0.2, 0.25) is 0 Å². The summed E-state index contributed by atoms with van der Waals surface area (Å²) < 4.78 is 6.39. The molecule has 1 saturated heterocycles. The Kier molecular flexibility index (Phi) is 5.94. The first kappa shape index (κ1) is 19.8. The lowest BCUT2D eigenvalue weighted by molar-refractivity contribution is 0.0600. The number of hydrogen-bond acceptors (Lipinski definition) is 5. The molecule has 0 aliphatic carbocycles. The molecule has 1 aromatic carbocycles. The van der Waals surface area contributed by atoms with Gasteiger partial charge in [0.25, 0.3) is 11.5 Å². The molecular formula is C21H25N3O4. The lowest BCUT2D eigenvalue weighted by atomic mass is 10.0. The number of methoxy groups -OCH3 is 1. The van der Waals surface area contributed by atoms with Gasteiger partial charge in [0.05, 0.1) is 12.7 Å². The van der Waals surface area contributed by atoms with Gasteiger partial charge in [-0.05, 0) is 75.2 Å². The van der Waals surface area contributed by atoms with E-state index in [2.05, 4.69) is 10.6 Å². The van der Waals surface area contributed by atoms with Crippen LogP contribution in [0.25, 0.3) is 0 Å². The molecule has 0 atom stereocenters. The number of anilines is 1. The van der Waals surface area contributed by atoms with E-state index < -0.39 is 11.9 Å². The molecule has 7 nitrogen and oxygen atoms in total. The van der Waals surface area contributed by atoms with Crippen LogP contribution >= 0.6 is 0 Å². The van der Waals surface area contributed by atoms with E-state index in [1.165, 1.54) is 7.11 Å². The first-order valence-electron chi connectivity index (χ1n) is 9.35. The molecule has 0 bridgehead atoms. The molecule has 148 valence electrons. The quantitative estimate of drug-likeness (QED) is 0.792. The zero-order valence-electron chi connectivity index (χ0n) is 16.4. The van der Waals surface area contributed by atoms with E-state index in [0.29, 0.717) is 22.4 Å². The van der Waals surface area contributed by atoms with Crippen LogP contribution in [0.5, 0.6) is 0 Å². The molecular weight excluding hydrogens is 358 g/mol. The molecule has 28 heavy (non-hydrogen) atoms. The Labute approximate surface area is 163 Å². The van der Waals surface area contributed by atoms with Gasteiger partial charge in [-0.1, -0.05) is 0 Å². The molecule has 1 aromatic heterocycles. The minimum Gasteiger partial charge on any atom is -0.465 e. The van der Waals surface area contributed by atoms with E-state index in [4.69, 9.17) is 4.74 Å². The number of hydrogen-bond donors (Lipinski definition) is 2. The van der Waals surface area contributed by atoms with Crippen LogP contribution in [0.1, 0.15) is 50.7 Å². The van der Waals surface area contributed by atoms with Crippen molar-refractivity contribution in [3.8, 4) is 0 Å². The van der Waals surface area contributed by atoms with Crippen LogP contribution in [-0.4, -0.2) is 36.6 Å². The lowest BCUT2D eigenvalue weighted by Crippen LogP contribution is -2.37. The number of rotatable bonds is 4. The maximum atomic E-state index is 13.0. The van der Waals surface area contributed by atoms with Crippen molar-refractivity contribution in [3.05, 3.63) is 63.1 Å². The van der Waals surface area contributed by atoms with Crippen LogP contribution in [0.4, 0.5) is 5.69 Å². The summed E-state index contributed by atoms with van der Waals surface area (Å²) in [6.45, 7) is 5.26. The van der Waals surface area contributed by atoms with E-state index in [9.17, 15) is 14.4 Å². The molecule has 7 heteroatoms. The highest BCUT2D eigenvalue weighted by Crippen LogP contribution is 2.20. The standard InChI is InChI=1S/C21H25N3O4/c1-13-8-11-24(16-6-9-22-10-7-16)20(26)18(13)19(25)23-17-5-4-15(12-14(17)2)21(27)28-3/h4-5,8,11-12,16,22H,6-7,9-10H2,1-3H3,(H,23,25). The molecule has 0 unspecified atom stereocenters. The Balaban J connectivity index is 1.88. The Hall–Kier alpha value is -2.93. The minimum absolute atomic E-state index is 0.0991. The number of nitrogens with zero attached hydrogens (tertiary/aromatic N) is 1. The largest absolute Gasteiger partial charge is 0.465 e. The third-order valence-electron chi connectivity index (χ3n) is 5.15. The highest BCUT2D eigenvalue weighted by atomic mass is 16.5. The third-order valence-corrected chi connectivity index (χ3v) is 5.15. The van der Waals surface area contributed by atoms with Crippen molar-refractivity contribution in [2.75, 3.05) is 25.5 Å². The van der Waals surface area contributed by atoms with E-state index >= 15 is 0 Å². The SMILES string of the molecule is COC(=O)c1ccc(NC(=O)c2c(C)ccn(C3CCNCC3)c2=O)c(C)c1. The van der Waals surface area contributed by atoms with Gasteiger partial charge in [-0.15, -0.1) is 0 Å². The molecule has 2 aromatic rings. The molecule has 1 fully saturated rings. The summed E-state index contributed by atoms with van der Waals surface area (Å²) >= 11 is 0. The highest BCUT2D eigenvalue weighted by molar-refractivity contribution is 6.05. The van der Waals surface area contributed by atoms with Crippen molar-refractivity contribution in [2.24, 2.45) is 0 Å². The van der Waals surface area contributed by atoms with Gasteiger partial charge in [0, 0.05) is 17.9 Å². The Morgan fingerprint density at radius 2 is 1.86 bits per heavy atom. The van der Waals surface area contributed by atoms with E-state index in [0.717, 1.165) is 25.9 Å². The first-order valence-corrected chi connectivity index (χ1v) is 9.35. The highest BCUT2D eigenvalue weighted by Gasteiger charge is 2.22.